The van der Waals surface area contributed by atoms with Crippen molar-refractivity contribution in [2.45, 2.75) is 19.6 Å². The number of aromatic nitrogens is 3. The van der Waals surface area contributed by atoms with E-state index in [0.29, 0.717) is 25.3 Å². The predicted octanol–water partition coefficient (Wildman–Crippen LogP) is 2.62. The standard InChI is InChI=1S/C20H20N4O2/c1-15-5-2-3-6-17(15)12-26-19-10-23(11-19)20(25)16-7-4-8-18(9-16)24-13-21-22-14-24/h2-9,13-14,19H,10-12H2,1H3. The smallest absolute Gasteiger partial charge is 0.254 e. The van der Waals surface area contributed by atoms with Crippen LogP contribution in [-0.2, 0) is 11.3 Å². The summed E-state index contributed by atoms with van der Waals surface area (Å²) < 4.78 is 7.71. The van der Waals surface area contributed by atoms with Gasteiger partial charge in [0.15, 0.2) is 0 Å². The van der Waals surface area contributed by atoms with E-state index in [0.717, 1.165) is 5.69 Å². The Kier molecular flexibility index (Phi) is 4.50. The van der Waals surface area contributed by atoms with E-state index in [2.05, 4.69) is 29.3 Å². The zero-order valence-electron chi connectivity index (χ0n) is 14.6. The normalized spacial score (nSPS) is 14.3. The molecule has 0 N–H and O–H groups in total. The maximum Gasteiger partial charge on any atom is 0.254 e. The van der Waals surface area contributed by atoms with E-state index in [1.165, 1.54) is 11.1 Å². The van der Waals surface area contributed by atoms with Crippen LogP contribution in [0.3, 0.4) is 0 Å². The van der Waals surface area contributed by atoms with Gasteiger partial charge in [0, 0.05) is 24.3 Å². The van der Waals surface area contributed by atoms with Gasteiger partial charge in [0.2, 0.25) is 0 Å². The minimum Gasteiger partial charge on any atom is -0.370 e. The number of ether oxygens (including phenoxy) is 1. The van der Waals surface area contributed by atoms with Crippen LogP contribution >= 0.6 is 0 Å². The van der Waals surface area contributed by atoms with Crippen molar-refractivity contribution in [2.75, 3.05) is 13.1 Å². The fraction of sp³-hybridized carbons (Fsp3) is 0.250. The fourth-order valence-electron chi connectivity index (χ4n) is 3.01. The lowest BCUT2D eigenvalue weighted by Gasteiger charge is -2.39. The Morgan fingerprint density at radius 3 is 2.65 bits per heavy atom. The number of carbonyl (C=O) groups is 1. The second-order valence-electron chi connectivity index (χ2n) is 6.49. The third-order valence-electron chi connectivity index (χ3n) is 4.68. The molecule has 0 aliphatic carbocycles. The molecule has 6 heteroatoms. The Morgan fingerprint density at radius 2 is 1.88 bits per heavy atom. The van der Waals surface area contributed by atoms with Gasteiger partial charge in [0.25, 0.3) is 5.91 Å². The van der Waals surface area contributed by atoms with Gasteiger partial charge in [-0.3, -0.25) is 9.36 Å². The van der Waals surface area contributed by atoms with Crippen LogP contribution in [0.2, 0.25) is 0 Å². The molecule has 2 heterocycles. The predicted molar refractivity (Wildman–Crippen MR) is 97.0 cm³/mol. The first-order valence-electron chi connectivity index (χ1n) is 8.61. The summed E-state index contributed by atoms with van der Waals surface area (Å²) in [5.41, 5.74) is 3.95. The third kappa shape index (κ3) is 3.36. The van der Waals surface area contributed by atoms with Crippen molar-refractivity contribution in [2.24, 2.45) is 0 Å². The number of amides is 1. The van der Waals surface area contributed by atoms with Gasteiger partial charge in [0.1, 0.15) is 12.7 Å². The molecule has 1 aliphatic heterocycles. The van der Waals surface area contributed by atoms with Crippen LogP contribution < -0.4 is 0 Å². The van der Waals surface area contributed by atoms with Crippen LogP contribution in [0.25, 0.3) is 5.69 Å². The van der Waals surface area contributed by atoms with Gasteiger partial charge in [-0.25, -0.2) is 0 Å². The first-order valence-corrected chi connectivity index (χ1v) is 8.61. The third-order valence-corrected chi connectivity index (χ3v) is 4.68. The molecule has 1 aliphatic rings. The lowest BCUT2D eigenvalue weighted by atomic mass is 10.1. The molecule has 3 aromatic rings. The van der Waals surface area contributed by atoms with E-state index >= 15 is 0 Å². The fourth-order valence-corrected chi connectivity index (χ4v) is 3.01. The van der Waals surface area contributed by atoms with E-state index in [1.807, 2.05) is 41.3 Å². The highest BCUT2D eigenvalue weighted by Gasteiger charge is 2.32. The Balaban J connectivity index is 1.34. The van der Waals surface area contributed by atoms with Crippen LogP contribution in [0, 0.1) is 6.92 Å². The van der Waals surface area contributed by atoms with E-state index < -0.39 is 0 Å². The Labute approximate surface area is 152 Å². The zero-order chi connectivity index (χ0) is 17.9. The number of carbonyl (C=O) groups excluding carboxylic acids is 1. The van der Waals surface area contributed by atoms with Crippen molar-refractivity contribution in [1.82, 2.24) is 19.7 Å². The second kappa shape index (κ2) is 7.09. The molecular weight excluding hydrogens is 328 g/mol. The van der Waals surface area contributed by atoms with Crippen LogP contribution in [0.5, 0.6) is 0 Å². The number of benzene rings is 2. The quantitative estimate of drug-likeness (QED) is 0.711. The molecule has 1 aromatic heterocycles. The highest BCUT2D eigenvalue weighted by molar-refractivity contribution is 5.95. The number of rotatable bonds is 5. The number of likely N-dealkylation sites (tertiary alicyclic amines) is 1. The maximum absolute atomic E-state index is 12.7. The Morgan fingerprint density at radius 1 is 1.12 bits per heavy atom. The summed E-state index contributed by atoms with van der Waals surface area (Å²) >= 11 is 0. The molecule has 4 rings (SSSR count). The molecule has 0 saturated carbocycles. The van der Waals surface area contributed by atoms with Gasteiger partial charge < -0.3 is 9.64 Å². The average Bonchev–Trinajstić information content (AvgIpc) is 3.16. The number of hydrogen-bond donors (Lipinski definition) is 0. The van der Waals surface area contributed by atoms with Gasteiger partial charge in [-0.15, -0.1) is 10.2 Å². The lowest BCUT2D eigenvalue weighted by Crippen LogP contribution is -2.54. The molecule has 1 amide bonds. The Bertz CT molecular complexity index is 902. The molecule has 0 bridgehead atoms. The summed E-state index contributed by atoms with van der Waals surface area (Å²) in [7, 11) is 0. The lowest BCUT2D eigenvalue weighted by molar-refractivity contribution is -0.0504. The first-order chi connectivity index (χ1) is 12.7. The molecular formula is C20H20N4O2. The van der Waals surface area contributed by atoms with Crippen LogP contribution in [0.1, 0.15) is 21.5 Å². The van der Waals surface area contributed by atoms with E-state index in [1.54, 1.807) is 17.2 Å². The van der Waals surface area contributed by atoms with Gasteiger partial charge in [-0.1, -0.05) is 30.3 Å². The van der Waals surface area contributed by atoms with Crippen molar-refractivity contribution >= 4 is 5.91 Å². The summed E-state index contributed by atoms with van der Waals surface area (Å²) in [4.78, 5) is 14.5. The zero-order valence-corrected chi connectivity index (χ0v) is 14.6. The summed E-state index contributed by atoms with van der Waals surface area (Å²) in [5, 5.41) is 7.60. The van der Waals surface area contributed by atoms with Gasteiger partial charge >= 0.3 is 0 Å². The van der Waals surface area contributed by atoms with Gasteiger partial charge in [0.05, 0.1) is 12.7 Å². The van der Waals surface area contributed by atoms with Crippen molar-refractivity contribution in [3.05, 3.63) is 77.9 Å². The number of hydrogen-bond acceptors (Lipinski definition) is 4. The number of nitrogens with zero attached hydrogens (tertiary/aromatic N) is 4. The molecule has 26 heavy (non-hydrogen) atoms. The first kappa shape index (κ1) is 16.5. The summed E-state index contributed by atoms with van der Waals surface area (Å²) in [6.07, 6.45) is 3.32. The van der Waals surface area contributed by atoms with Crippen molar-refractivity contribution in [3.8, 4) is 5.69 Å². The second-order valence-corrected chi connectivity index (χ2v) is 6.49. The maximum atomic E-state index is 12.7. The van der Waals surface area contributed by atoms with E-state index in [-0.39, 0.29) is 12.0 Å². The molecule has 1 saturated heterocycles. The van der Waals surface area contributed by atoms with Crippen LogP contribution in [-0.4, -0.2) is 44.8 Å². The Hall–Kier alpha value is -2.99. The largest absolute Gasteiger partial charge is 0.370 e. The minimum atomic E-state index is 0.0238. The van der Waals surface area contributed by atoms with Gasteiger partial charge in [-0.05, 0) is 36.2 Å². The van der Waals surface area contributed by atoms with Crippen LogP contribution in [0.4, 0.5) is 0 Å². The SMILES string of the molecule is Cc1ccccc1COC1CN(C(=O)c2cccc(-n3cnnc3)c2)C1. The summed E-state index contributed by atoms with van der Waals surface area (Å²) in [5.74, 6) is 0.0238. The minimum absolute atomic E-state index is 0.0238. The van der Waals surface area contributed by atoms with E-state index in [9.17, 15) is 4.79 Å². The topological polar surface area (TPSA) is 60.2 Å². The van der Waals surface area contributed by atoms with Crippen molar-refractivity contribution in [1.29, 1.82) is 0 Å². The van der Waals surface area contributed by atoms with Crippen LogP contribution in [0.15, 0.2) is 61.2 Å². The average molecular weight is 348 g/mol. The monoisotopic (exact) mass is 348 g/mol. The molecule has 1 fully saturated rings. The van der Waals surface area contributed by atoms with E-state index in [4.69, 9.17) is 4.74 Å². The van der Waals surface area contributed by atoms with Gasteiger partial charge in [-0.2, -0.15) is 0 Å². The molecule has 132 valence electrons. The summed E-state index contributed by atoms with van der Waals surface area (Å²) in [6.45, 7) is 3.92. The summed E-state index contributed by atoms with van der Waals surface area (Å²) in [6, 6.07) is 15.7. The van der Waals surface area contributed by atoms with Crippen molar-refractivity contribution < 1.29 is 9.53 Å². The molecule has 0 radical (unpaired) electrons. The highest BCUT2D eigenvalue weighted by atomic mass is 16.5. The molecule has 0 spiro atoms. The molecule has 6 nitrogen and oxygen atoms in total. The van der Waals surface area contributed by atoms with Crippen molar-refractivity contribution in [3.63, 3.8) is 0 Å². The number of aryl methyl sites for hydroxylation is 1. The highest BCUT2D eigenvalue weighted by Crippen LogP contribution is 2.19. The molecule has 0 atom stereocenters. The molecule has 0 unspecified atom stereocenters. The molecule has 2 aromatic carbocycles.